The summed E-state index contributed by atoms with van der Waals surface area (Å²) in [5.74, 6) is -0.238. The molecule has 0 aliphatic carbocycles. The maximum Gasteiger partial charge on any atom is 0.255 e. The molecular weight excluding hydrogens is 242 g/mol. The smallest absolute Gasteiger partial charge is 0.255 e. The standard InChI is InChI=1S/C15H15NO3/c1-10(17)11-5-7-13(8-6-11)16-15(19)12-3-2-4-14(18)9-12/h2-10,17-18H,1H3,(H,16,19). The number of rotatable bonds is 3. The molecule has 0 saturated heterocycles. The Morgan fingerprint density at radius 1 is 1.16 bits per heavy atom. The van der Waals surface area contributed by atoms with Crippen LogP contribution in [0.15, 0.2) is 48.5 Å². The summed E-state index contributed by atoms with van der Waals surface area (Å²) in [5.41, 5.74) is 1.81. The van der Waals surface area contributed by atoms with Gasteiger partial charge in [0.25, 0.3) is 5.91 Å². The Morgan fingerprint density at radius 2 is 1.84 bits per heavy atom. The Hall–Kier alpha value is -2.33. The zero-order valence-corrected chi connectivity index (χ0v) is 10.5. The van der Waals surface area contributed by atoms with E-state index in [9.17, 15) is 15.0 Å². The topological polar surface area (TPSA) is 69.6 Å². The first kappa shape index (κ1) is 13.1. The summed E-state index contributed by atoms with van der Waals surface area (Å²) < 4.78 is 0. The SMILES string of the molecule is CC(O)c1ccc(NC(=O)c2cccc(O)c2)cc1. The Labute approximate surface area is 111 Å². The first-order valence-corrected chi connectivity index (χ1v) is 5.94. The number of anilines is 1. The van der Waals surface area contributed by atoms with Gasteiger partial charge in [0.15, 0.2) is 0 Å². The molecule has 4 heteroatoms. The van der Waals surface area contributed by atoms with Gasteiger partial charge in [-0.05, 0) is 42.8 Å². The molecule has 3 N–H and O–H groups in total. The summed E-state index contributed by atoms with van der Waals surface area (Å²) in [6, 6.07) is 13.1. The zero-order chi connectivity index (χ0) is 13.8. The van der Waals surface area contributed by atoms with Gasteiger partial charge in [0, 0.05) is 11.3 Å². The largest absolute Gasteiger partial charge is 0.508 e. The lowest BCUT2D eigenvalue weighted by molar-refractivity contribution is 0.102. The molecule has 1 unspecified atom stereocenters. The predicted molar refractivity (Wildman–Crippen MR) is 73.1 cm³/mol. The van der Waals surface area contributed by atoms with E-state index in [-0.39, 0.29) is 11.7 Å². The molecule has 0 aliphatic heterocycles. The van der Waals surface area contributed by atoms with Crippen molar-refractivity contribution in [3.63, 3.8) is 0 Å². The highest BCUT2D eigenvalue weighted by molar-refractivity contribution is 6.04. The highest BCUT2D eigenvalue weighted by Gasteiger charge is 2.07. The number of carbonyl (C=O) groups is 1. The molecule has 0 aromatic heterocycles. The first-order chi connectivity index (χ1) is 9.06. The third-order valence-electron chi connectivity index (χ3n) is 2.76. The van der Waals surface area contributed by atoms with E-state index in [1.807, 2.05) is 0 Å². The van der Waals surface area contributed by atoms with Crippen LogP contribution in [-0.4, -0.2) is 16.1 Å². The summed E-state index contributed by atoms with van der Waals surface area (Å²) in [6.07, 6.45) is -0.532. The molecule has 19 heavy (non-hydrogen) atoms. The number of nitrogens with one attached hydrogen (secondary N) is 1. The van der Waals surface area contributed by atoms with Crippen molar-refractivity contribution in [2.24, 2.45) is 0 Å². The number of carbonyl (C=O) groups excluding carboxylic acids is 1. The number of hydrogen-bond acceptors (Lipinski definition) is 3. The van der Waals surface area contributed by atoms with E-state index in [1.54, 1.807) is 43.3 Å². The summed E-state index contributed by atoms with van der Waals surface area (Å²) in [5, 5.41) is 21.4. The van der Waals surface area contributed by atoms with Gasteiger partial charge in [-0.1, -0.05) is 18.2 Å². The van der Waals surface area contributed by atoms with E-state index in [0.717, 1.165) is 5.56 Å². The molecule has 1 amide bonds. The Bertz CT molecular complexity index is 576. The minimum Gasteiger partial charge on any atom is -0.508 e. The van der Waals surface area contributed by atoms with Gasteiger partial charge < -0.3 is 15.5 Å². The van der Waals surface area contributed by atoms with Crippen LogP contribution in [0, 0.1) is 0 Å². The van der Waals surface area contributed by atoms with E-state index in [0.29, 0.717) is 11.3 Å². The van der Waals surface area contributed by atoms with Crippen LogP contribution in [0.3, 0.4) is 0 Å². The molecule has 2 rings (SSSR count). The molecule has 0 spiro atoms. The minimum absolute atomic E-state index is 0.0529. The number of phenols is 1. The number of aromatic hydroxyl groups is 1. The summed E-state index contributed by atoms with van der Waals surface area (Å²) in [4.78, 5) is 11.9. The summed E-state index contributed by atoms with van der Waals surface area (Å²) >= 11 is 0. The predicted octanol–water partition coefficient (Wildman–Crippen LogP) is 2.70. The van der Waals surface area contributed by atoms with Crippen LogP contribution in [-0.2, 0) is 0 Å². The maximum atomic E-state index is 11.9. The van der Waals surface area contributed by atoms with Crippen molar-refractivity contribution in [2.75, 3.05) is 5.32 Å². The lowest BCUT2D eigenvalue weighted by atomic mass is 10.1. The summed E-state index contributed by atoms with van der Waals surface area (Å²) in [6.45, 7) is 1.68. The molecule has 0 saturated carbocycles. The van der Waals surface area contributed by atoms with Crippen molar-refractivity contribution in [3.8, 4) is 5.75 Å². The molecule has 2 aromatic rings. The van der Waals surface area contributed by atoms with Gasteiger partial charge in [0.1, 0.15) is 5.75 Å². The second kappa shape index (κ2) is 5.54. The van der Waals surface area contributed by atoms with Crippen molar-refractivity contribution in [1.82, 2.24) is 0 Å². The van der Waals surface area contributed by atoms with Crippen molar-refractivity contribution in [3.05, 3.63) is 59.7 Å². The second-order valence-electron chi connectivity index (χ2n) is 4.30. The number of amides is 1. The summed E-state index contributed by atoms with van der Waals surface area (Å²) in [7, 11) is 0. The fraction of sp³-hybridized carbons (Fsp3) is 0.133. The van der Waals surface area contributed by atoms with Crippen molar-refractivity contribution in [1.29, 1.82) is 0 Å². The van der Waals surface area contributed by atoms with Gasteiger partial charge in [0.05, 0.1) is 6.10 Å². The van der Waals surface area contributed by atoms with Crippen molar-refractivity contribution >= 4 is 11.6 Å². The maximum absolute atomic E-state index is 11.9. The minimum atomic E-state index is -0.532. The quantitative estimate of drug-likeness (QED) is 0.791. The number of hydrogen-bond donors (Lipinski definition) is 3. The molecule has 0 heterocycles. The molecule has 0 radical (unpaired) electrons. The Kier molecular flexibility index (Phi) is 3.82. The number of aliphatic hydroxyl groups excluding tert-OH is 1. The van der Waals surface area contributed by atoms with Crippen molar-refractivity contribution in [2.45, 2.75) is 13.0 Å². The third kappa shape index (κ3) is 3.33. The molecule has 0 fully saturated rings. The van der Waals surface area contributed by atoms with Gasteiger partial charge in [-0.3, -0.25) is 4.79 Å². The van der Waals surface area contributed by atoms with Crippen LogP contribution in [0.1, 0.15) is 28.9 Å². The molecule has 1 atom stereocenters. The molecule has 98 valence electrons. The van der Waals surface area contributed by atoms with Crippen LogP contribution in [0.25, 0.3) is 0 Å². The van der Waals surface area contributed by atoms with Crippen LogP contribution in [0.5, 0.6) is 5.75 Å². The fourth-order valence-electron chi connectivity index (χ4n) is 1.70. The van der Waals surface area contributed by atoms with Crippen LogP contribution < -0.4 is 5.32 Å². The van der Waals surface area contributed by atoms with Crippen LogP contribution in [0.2, 0.25) is 0 Å². The molecule has 0 aliphatic rings. The first-order valence-electron chi connectivity index (χ1n) is 5.94. The fourth-order valence-corrected chi connectivity index (χ4v) is 1.70. The molecular formula is C15H15NO3. The normalized spacial score (nSPS) is 11.9. The van der Waals surface area contributed by atoms with Crippen molar-refractivity contribution < 1.29 is 15.0 Å². The van der Waals surface area contributed by atoms with E-state index in [1.165, 1.54) is 12.1 Å². The average molecular weight is 257 g/mol. The van der Waals surface area contributed by atoms with E-state index in [2.05, 4.69) is 5.32 Å². The number of aliphatic hydroxyl groups is 1. The van der Waals surface area contributed by atoms with Gasteiger partial charge in [-0.25, -0.2) is 0 Å². The molecule has 0 bridgehead atoms. The van der Waals surface area contributed by atoms with Gasteiger partial charge in [-0.15, -0.1) is 0 Å². The average Bonchev–Trinajstić information content (AvgIpc) is 2.39. The van der Waals surface area contributed by atoms with E-state index in [4.69, 9.17) is 0 Å². The van der Waals surface area contributed by atoms with Gasteiger partial charge in [-0.2, -0.15) is 0 Å². The Morgan fingerprint density at radius 3 is 2.42 bits per heavy atom. The monoisotopic (exact) mass is 257 g/mol. The van der Waals surface area contributed by atoms with Gasteiger partial charge in [0.2, 0.25) is 0 Å². The zero-order valence-electron chi connectivity index (χ0n) is 10.5. The van der Waals surface area contributed by atoms with E-state index >= 15 is 0 Å². The highest BCUT2D eigenvalue weighted by atomic mass is 16.3. The van der Waals surface area contributed by atoms with E-state index < -0.39 is 6.10 Å². The third-order valence-corrected chi connectivity index (χ3v) is 2.76. The highest BCUT2D eigenvalue weighted by Crippen LogP contribution is 2.17. The molecule has 2 aromatic carbocycles. The van der Waals surface area contributed by atoms with Crippen LogP contribution in [0.4, 0.5) is 5.69 Å². The second-order valence-corrected chi connectivity index (χ2v) is 4.30. The Balaban J connectivity index is 2.10. The lowest BCUT2D eigenvalue weighted by Crippen LogP contribution is -2.11. The lowest BCUT2D eigenvalue weighted by Gasteiger charge is -2.08. The number of phenolic OH excluding ortho intramolecular Hbond substituents is 1. The number of benzene rings is 2. The van der Waals surface area contributed by atoms with Crippen LogP contribution >= 0.6 is 0 Å². The van der Waals surface area contributed by atoms with Gasteiger partial charge >= 0.3 is 0 Å². The molecule has 4 nitrogen and oxygen atoms in total.